The van der Waals surface area contributed by atoms with Crippen molar-refractivity contribution in [3.05, 3.63) is 70.5 Å². The van der Waals surface area contributed by atoms with Crippen LogP contribution in [0.1, 0.15) is 18.9 Å². The van der Waals surface area contributed by atoms with Gasteiger partial charge in [0.05, 0.1) is 16.9 Å². The summed E-state index contributed by atoms with van der Waals surface area (Å²) >= 11 is 0. The van der Waals surface area contributed by atoms with E-state index in [0.29, 0.717) is 11.9 Å². The maximum absolute atomic E-state index is 12.5. The van der Waals surface area contributed by atoms with Gasteiger partial charge in [-0.15, -0.1) is 0 Å². The molecule has 2 heterocycles. The summed E-state index contributed by atoms with van der Waals surface area (Å²) < 4.78 is 0. The quantitative estimate of drug-likeness (QED) is 0.449. The molecule has 0 radical (unpaired) electrons. The lowest BCUT2D eigenvalue weighted by molar-refractivity contribution is -0.383. The Morgan fingerprint density at radius 2 is 1.81 bits per heavy atom. The van der Waals surface area contributed by atoms with Crippen LogP contribution in [-0.2, 0) is 11.2 Å². The second kappa shape index (κ2) is 9.74. The zero-order valence-electron chi connectivity index (χ0n) is 18.2. The molecule has 0 aliphatic carbocycles. The fraction of sp³-hybridized carbons (Fsp3) is 0.333. The van der Waals surface area contributed by atoms with Crippen LogP contribution in [0.4, 0.5) is 17.1 Å². The molecule has 0 spiro atoms. The zero-order valence-corrected chi connectivity index (χ0v) is 18.2. The Hall–Kier alpha value is -3.52. The summed E-state index contributed by atoms with van der Waals surface area (Å²) in [6, 6.07) is 13.2. The first kappa shape index (κ1) is 21.7. The van der Waals surface area contributed by atoms with E-state index in [0.717, 1.165) is 55.8 Å². The lowest BCUT2D eigenvalue weighted by Gasteiger charge is -2.36. The van der Waals surface area contributed by atoms with Gasteiger partial charge in [-0.3, -0.25) is 24.8 Å². The van der Waals surface area contributed by atoms with Crippen molar-refractivity contribution in [2.75, 3.05) is 42.9 Å². The Kier molecular flexibility index (Phi) is 6.61. The van der Waals surface area contributed by atoms with E-state index in [1.54, 1.807) is 18.5 Å². The monoisotopic (exact) mass is 433 g/mol. The van der Waals surface area contributed by atoms with Gasteiger partial charge in [-0.2, -0.15) is 0 Å². The minimum atomic E-state index is -0.373. The van der Waals surface area contributed by atoms with Gasteiger partial charge in [-0.25, -0.2) is 0 Å². The van der Waals surface area contributed by atoms with Gasteiger partial charge in [0, 0.05) is 61.4 Å². The SMILES string of the molecule is CCCc1ccc(NC(=O)CN2CCN(c3ccc([N+](=O)[O-])c4cnccc34)CC2)cc1. The summed E-state index contributed by atoms with van der Waals surface area (Å²) in [5, 5.41) is 15.7. The second-order valence-corrected chi connectivity index (χ2v) is 8.04. The van der Waals surface area contributed by atoms with Gasteiger partial charge >= 0.3 is 0 Å². The summed E-state index contributed by atoms with van der Waals surface area (Å²) in [7, 11) is 0. The number of fused-ring (bicyclic) bond motifs is 1. The molecular formula is C24H27N5O3. The zero-order chi connectivity index (χ0) is 22.5. The number of pyridine rings is 1. The molecule has 1 aliphatic rings. The molecular weight excluding hydrogens is 406 g/mol. The molecule has 1 aromatic heterocycles. The van der Waals surface area contributed by atoms with Crippen LogP contribution >= 0.6 is 0 Å². The summed E-state index contributed by atoms with van der Waals surface area (Å²) in [6.45, 7) is 5.47. The van der Waals surface area contributed by atoms with Crippen LogP contribution in [0.5, 0.6) is 0 Å². The first-order valence-electron chi connectivity index (χ1n) is 10.9. The average Bonchev–Trinajstić information content (AvgIpc) is 2.80. The second-order valence-electron chi connectivity index (χ2n) is 8.04. The maximum atomic E-state index is 12.5. The van der Waals surface area contributed by atoms with Gasteiger partial charge in [-0.1, -0.05) is 25.5 Å². The van der Waals surface area contributed by atoms with E-state index in [4.69, 9.17) is 0 Å². The van der Waals surface area contributed by atoms with Crippen LogP contribution < -0.4 is 10.2 Å². The maximum Gasteiger partial charge on any atom is 0.278 e. The van der Waals surface area contributed by atoms with Crippen molar-refractivity contribution in [3.63, 3.8) is 0 Å². The van der Waals surface area contributed by atoms with Crippen molar-refractivity contribution in [1.29, 1.82) is 0 Å². The molecule has 0 unspecified atom stereocenters. The largest absolute Gasteiger partial charge is 0.368 e. The average molecular weight is 434 g/mol. The number of hydrogen-bond acceptors (Lipinski definition) is 6. The molecule has 0 atom stereocenters. The number of anilines is 2. The van der Waals surface area contributed by atoms with Gasteiger partial charge < -0.3 is 10.2 Å². The number of nitrogens with zero attached hydrogens (tertiary/aromatic N) is 4. The Labute approximate surface area is 187 Å². The highest BCUT2D eigenvalue weighted by Crippen LogP contribution is 2.33. The van der Waals surface area contributed by atoms with Crippen LogP contribution in [0, 0.1) is 10.1 Å². The fourth-order valence-corrected chi connectivity index (χ4v) is 4.19. The van der Waals surface area contributed by atoms with E-state index in [1.807, 2.05) is 24.3 Å². The summed E-state index contributed by atoms with van der Waals surface area (Å²) in [5.41, 5.74) is 3.12. The van der Waals surface area contributed by atoms with Crippen LogP contribution in [-0.4, -0.2) is 53.4 Å². The molecule has 3 aromatic rings. The Bertz CT molecular complexity index is 1110. The number of aromatic nitrogens is 1. The van der Waals surface area contributed by atoms with Crippen molar-refractivity contribution in [2.24, 2.45) is 0 Å². The van der Waals surface area contributed by atoms with Gasteiger partial charge in [0.1, 0.15) is 0 Å². The van der Waals surface area contributed by atoms with Crippen molar-refractivity contribution < 1.29 is 9.72 Å². The highest BCUT2D eigenvalue weighted by Gasteiger charge is 2.22. The van der Waals surface area contributed by atoms with Crippen LogP contribution in [0.15, 0.2) is 54.9 Å². The molecule has 4 rings (SSSR count). The third-order valence-corrected chi connectivity index (χ3v) is 5.83. The number of rotatable bonds is 7. The van der Waals surface area contributed by atoms with Crippen LogP contribution in [0.25, 0.3) is 10.8 Å². The van der Waals surface area contributed by atoms with E-state index in [-0.39, 0.29) is 16.5 Å². The standard InChI is InChI=1S/C24H27N5O3/c1-2-3-18-4-6-19(7-5-18)26-24(30)17-27-12-14-28(15-13-27)22-8-9-23(29(31)32)21-16-25-11-10-20(21)22/h4-11,16H,2-3,12-15,17H2,1H3,(H,26,30). The summed E-state index contributed by atoms with van der Waals surface area (Å²) in [5.74, 6) is -0.0199. The number of hydrogen-bond donors (Lipinski definition) is 1. The number of piperazine rings is 1. The molecule has 1 saturated heterocycles. The van der Waals surface area contributed by atoms with Crippen molar-refractivity contribution in [3.8, 4) is 0 Å². The minimum absolute atomic E-state index is 0.0199. The number of amides is 1. The van der Waals surface area contributed by atoms with E-state index >= 15 is 0 Å². The van der Waals surface area contributed by atoms with Gasteiger partial charge in [0.25, 0.3) is 5.69 Å². The van der Waals surface area contributed by atoms with Gasteiger partial charge in [0.15, 0.2) is 0 Å². The first-order chi connectivity index (χ1) is 15.5. The normalized spacial score (nSPS) is 14.5. The van der Waals surface area contributed by atoms with Gasteiger partial charge in [-0.05, 0) is 36.2 Å². The third-order valence-electron chi connectivity index (χ3n) is 5.83. The Morgan fingerprint density at radius 3 is 2.50 bits per heavy atom. The number of aryl methyl sites for hydroxylation is 1. The molecule has 1 aliphatic heterocycles. The van der Waals surface area contributed by atoms with E-state index < -0.39 is 0 Å². The number of carbonyl (C=O) groups is 1. The predicted octanol–water partition coefficient (Wildman–Crippen LogP) is 3.86. The number of nitrogens with one attached hydrogen (secondary N) is 1. The molecule has 0 bridgehead atoms. The smallest absolute Gasteiger partial charge is 0.278 e. The predicted molar refractivity (Wildman–Crippen MR) is 126 cm³/mol. The Balaban J connectivity index is 1.36. The molecule has 1 amide bonds. The highest BCUT2D eigenvalue weighted by molar-refractivity contribution is 5.99. The third kappa shape index (κ3) is 4.86. The van der Waals surface area contributed by atoms with Crippen molar-refractivity contribution >= 4 is 33.7 Å². The molecule has 0 saturated carbocycles. The topological polar surface area (TPSA) is 91.6 Å². The number of carbonyl (C=O) groups excluding carboxylic acids is 1. The van der Waals surface area contributed by atoms with E-state index in [2.05, 4.69) is 39.2 Å². The first-order valence-corrected chi connectivity index (χ1v) is 10.9. The molecule has 32 heavy (non-hydrogen) atoms. The highest BCUT2D eigenvalue weighted by atomic mass is 16.6. The van der Waals surface area contributed by atoms with E-state index in [1.165, 1.54) is 5.56 Å². The molecule has 8 nitrogen and oxygen atoms in total. The lowest BCUT2D eigenvalue weighted by atomic mass is 10.1. The minimum Gasteiger partial charge on any atom is -0.368 e. The summed E-state index contributed by atoms with van der Waals surface area (Å²) in [4.78, 5) is 31.9. The van der Waals surface area contributed by atoms with Gasteiger partial charge in [0.2, 0.25) is 5.91 Å². The molecule has 2 aromatic carbocycles. The molecule has 1 fully saturated rings. The Morgan fingerprint density at radius 1 is 1.06 bits per heavy atom. The molecule has 1 N–H and O–H groups in total. The van der Waals surface area contributed by atoms with Crippen LogP contribution in [0.2, 0.25) is 0 Å². The number of nitro groups is 1. The fourth-order valence-electron chi connectivity index (χ4n) is 4.19. The summed E-state index contributed by atoms with van der Waals surface area (Å²) in [6.07, 6.45) is 5.35. The molecule has 8 heteroatoms. The number of nitro benzene ring substituents is 1. The lowest BCUT2D eigenvalue weighted by Crippen LogP contribution is -2.48. The van der Waals surface area contributed by atoms with Crippen molar-refractivity contribution in [2.45, 2.75) is 19.8 Å². The van der Waals surface area contributed by atoms with E-state index in [9.17, 15) is 14.9 Å². The van der Waals surface area contributed by atoms with Crippen molar-refractivity contribution in [1.82, 2.24) is 9.88 Å². The van der Waals surface area contributed by atoms with Crippen LogP contribution in [0.3, 0.4) is 0 Å². The molecule has 166 valence electrons. The number of benzene rings is 2. The number of non-ortho nitro benzene ring substituents is 1.